The highest BCUT2D eigenvalue weighted by Gasteiger charge is 2.22. The Morgan fingerprint density at radius 1 is 1.45 bits per heavy atom. The molecule has 0 radical (unpaired) electrons. The minimum Gasteiger partial charge on any atom is -0.383 e. The zero-order chi connectivity index (χ0) is 15.3. The summed E-state index contributed by atoms with van der Waals surface area (Å²) < 4.78 is 8.06. The molecule has 0 bridgehead atoms. The lowest BCUT2D eigenvalue weighted by Crippen LogP contribution is -2.22. The van der Waals surface area contributed by atoms with Gasteiger partial charge in [-0.25, -0.2) is 0 Å². The first-order valence-electron chi connectivity index (χ1n) is 7.20. The fourth-order valence-corrected chi connectivity index (χ4v) is 3.36. The van der Waals surface area contributed by atoms with Gasteiger partial charge in [0.05, 0.1) is 29.5 Å². The van der Waals surface area contributed by atoms with Gasteiger partial charge in [-0.2, -0.15) is 5.10 Å². The summed E-state index contributed by atoms with van der Waals surface area (Å²) in [4.78, 5) is 0. The molecule has 4 nitrogen and oxygen atoms in total. The molecule has 2 atom stereocenters. The van der Waals surface area contributed by atoms with Gasteiger partial charge in [0.1, 0.15) is 0 Å². The molecule has 1 aromatic rings. The van der Waals surface area contributed by atoms with E-state index < -0.39 is 0 Å². The number of ether oxygens (including phenoxy) is 1. The van der Waals surface area contributed by atoms with Crippen molar-refractivity contribution in [2.45, 2.75) is 53.1 Å². The molecule has 1 rings (SSSR count). The molecule has 5 heteroatoms. The number of rotatable bonds is 7. The van der Waals surface area contributed by atoms with Crippen LogP contribution < -0.4 is 5.73 Å². The third kappa shape index (κ3) is 5.54. The SMILES string of the molecule is COCCn1ncc(Br)c1C(N)CC(C)CC(C)(C)C. The molecule has 2 N–H and O–H groups in total. The van der Waals surface area contributed by atoms with Crippen molar-refractivity contribution in [3.63, 3.8) is 0 Å². The van der Waals surface area contributed by atoms with Crippen molar-refractivity contribution in [2.24, 2.45) is 17.1 Å². The van der Waals surface area contributed by atoms with E-state index in [9.17, 15) is 0 Å². The summed E-state index contributed by atoms with van der Waals surface area (Å²) in [5, 5.41) is 4.37. The zero-order valence-electron chi connectivity index (χ0n) is 13.3. The molecule has 2 unspecified atom stereocenters. The normalized spacial score (nSPS) is 15.3. The summed E-state index contributed by atoms with van der Waals surface area (Å²) in [6, 6.07) is 0.00100. The number of methoxy groups -OCH3 is 1. The van der Waals surface area contributed by atoms with Crippen molar-refractivity contribution in [2.75, 3.05) is 13.7 Å². The van der Waals surface area contributed by atoms with Gasteiger partial charge in [0.15, 0.2) is 0 Å². The number of nitrogens with zero attached hydrogens (tertiary/aromatic N) is 2. The van der Waals surface area contributed by atoms with Crippen molar-refractivity contribution in [3.05, 3.63) is 16.4 Å². The Labute approximate surface area is 131 Å². The second-order valence-electron chi connectivity index (χ2n) is 6.81. The summed E-state index contributed by atoms with van der Waals surface area (Å²) >= 11 is 3.56. The minimum atomic E-state index is 0.00100. The van der Waals surface area contributed by atoms with Crippen LogP contribution in [-0.2, 0) is 11.3 Å². The second kappa shape index (κ2) is 7.57. The number of hydrogen-bond acceptors (Lipinski definition) is 3. The van der Waals surface area contributed by atoms with E-state index in [0.29, 0.717) is 17.9 Å². The third-order valence-corrected chi connectivity index (χ3v) is 3.92. The highest BCUT2D eigenvalue weighted by Crippen LogP contribution is 2.31. The maximum atomic E-state index is 6.40. The monoisotopic (exact) mass is 345 g/mol. The van der Waals surface area contributed by atoms with Crippen LogP contribution in [0.5, 0.6) is 0 Å². The predicted octanol–water partition coefficient (Wildman–Crippen LogP) is 3.75. The first kappa shape index (κ1) is 17.7. The number of nitrogens with two attached hydrogens (primary N) is 1. The van der Waals surface area contributed by atoms with E-state index >= 15 is 0 Å². The molecule has 0 spiro atoms. The quantitative estimate of drug-likeness (QED) is 0.818. The van der Waals surface area contributed by atoms with Crippen molar-refractivity contribution in [1.82, 2.24) is 9.78 Å². The maximum absolute atomic E-state index is 6.40. The largest absolute Gasteiger partial charge is 0.383 e. The Bertz CT molecular complexity index is 412. The molecule has 0 aliphatic heterocycles. The lowest BCUT2D eigenvalue weighted by molar-refractivity contribution is 0.181. The average Bonchev–Trinajstić information content (AvgIpc) is 2.65. The smallest absolute Gasteiger partial charge is 0.0694 e. The van der Waals surface area contributed by atoms with E-state index in [2.05, 4.69) is 48.7 Å². The van der Waals surface area contributed by atoms with Crippen LogP contribution in [0.2, 0.25) is 0 Å². The van der Waals surface area contributed by atoms with E-state index in [1.54, 1.807) is 7.11 Å². The summed E-state index contributed by atoms with van der Waals surface area (Å²) in [6.45, 7) is 10.5. The zero-order valence-corrected chi connectivity index (χ0v) is 14.9. The molecule has 1 heterocycles. The predicted molar refractivity (Wildman–Crippen MR) is 86.6 cm³/mol. The number of aromatic nitrogens is 2. The molecule has 1 aromatic heterocycles. The summed E-state index contributed by atoms with van der Waals surface area (Å²) in [7, 11) is 1.70. The highest BCUT2D eigenvalue weighted by atomic mass is 79.9. The van der Waals surface area contributed by atoms with Crippen LogP contribution in [0, 0.1) is 11.3 Å². The van der Waals surface area contributed by atoms with Crippen LogP contribution in [0.15, 0.2) is 10.7 Å². The van der Waals surface area contributed by atoms with Crippen LogP contribution in [0.25, 0.3) is 0 Å². The summed E-state index contributed by atoms with van der Waals surface area (Å²) in [6.07, 6.45) is 3.96. The molecule has 0 aromatic carbocycles. The first-order chi connectivity index (χ1) is 9.24. The van der Waals surface area contributed by atoms with Crippen molar-refractivity contribution < 1.29 is 4.74 Å². The standard InChI is InChI=1S/C15H28BrN3O/c1-11(9-15(2,3)4)8-13(17)14-12(16)10-18-19(14)6-7-20-5/h10-11,13H,6-9,17H2,1-5H3. The molecule has 0 saturated carbocycles. The van der Waals surface area contributed by atoms with Gasteiger partial charge in [0, 0.05) is 13.2 Å². The molecule has 0 fully saturated rings. The maximum Gasteiger partial charge on any atom is 0.0694 e. The first-order valence-corrected chi connectivity index (χ1v) is 7.99. The van der Waals surface area contributed by atoms with Gasteiger partial charge >= 0.3 is 0 Å². The molecule has 0 aliphatic rings. The van der Waals surface area contributed by atoms with Crippen molar-refractivity contribution in [3.8, 4) is 0 Å². The Morgan fingerprint density at radius 2 is 2.10 bits per heavy atom. The Balaban J connectivity index is 2.71. The van der Waals surface area contributed by atoms with E-state index in [-0.39, 0.29) is 6.04 Å². The van der Waals surface area contributed by atoms with Gasteiger partial charge in [-0.05, 0) is 40.1 Å². The van der Waals surface area contributed by atoms with E-state index in [1.807, 2.05) is 10.9 Å². The van der Waals surface area contributed by atoms with Crippen molar-refractivity contribution >= 4 is 15.9 Å². The van der Waals surface area contributed by atoms with Crippen molar-refractivity contribution in [1.29, 1.82) is 0 Å². The van der Waals surface area contributed by atoms with Gasteiger partial charge in [0.25, 0.3) is 0 Å². The third-order valence-electron chi connectivity index (χ3n) is 3.31. The van der Waals surface area contributed by atoms with E-state index in [1.165, 1.54) is 6.42 Å². The van der Waals surface area contributed by atoms with Crippen LogP contribution in [0.1, 0.15) is 52.3 Å². The molecule has 116 valence electrons. The second-order valence-corrected chi connectivity index (χ2v) is 7.66. The lowest BCUT2D eigenvalue weighted by atomic mass is 9.82. The van der Waals surface area contributed by atoms with E-state index in [0.717, 1.165) is 23.1 Å². The minimum absolute atomic E-state index is 0.00100. The van der Waals surface area contributed by atoms with E-state index in [4.69, 9.17) is 10.5 Å². The fourth-order valence-electron chi connectivity index (χ4n) is 2.77. The van der Waals surface area contributed by atoms with Crippen LogP contribution >= 0.6 is 15.9 Å². The summed E-state index contributed by atoms with van der Waals surface area (Å²) in [5.41, 5.74) is 7.81. The molecular formula is C15H28BrN3O. The topological polar surface area (TPSA) is 53.1 Å². The van der Waals surface area contributed by atoms with Crippen LogP contribution in [0.3, 0.4) is 0 Å². The highest BCUT2D eigenvalue weighted by molar-refractivity contribution is 9.10. The van der Waals surface area contributed by atoms with Gasteiger partial charge in [-0.15, -0.1) is 0 Å². The molecule has 20 heavy (non-hydrogen) atoms. The van der Waals surface area contributed by atoms with Gasteiger partial charge in [-0.3, -0.25) is 4.68 Å². The molecule has 0 aliphatic carbocycles. The molecule has 0 amide bonds. The Morgan fingerprint density at radius 3 is 2.65 bits per heavy atom. The van der Waals surface area contributed by atoms with Crippen LogP contribution in [0.4, 0.5) is 0 Å². The van der Waals surface area contributed by atoms with Crippen LogP contribution in [-0.4, -0.2) is 23.5 Å². The molecule has 0 saturated heterocycles. The summed E-state index contributed by atoms with van der Waals surface area (Å²) in [5.74, 6) is 0.586. The van der Waals surface area contributed by atoms with Gasteiger partial charge in [-0.1, -0.05) is 27.7 Å². The fraction of sp³-hybridized carbons (Fsp3) is 0.800. The van der Waals surface area contributed by atoms with Gasteiger partial charge in [0.2, 0.25) is 0 Å². The molecular weight excluding hydrogens is 318 g/mol. The Hall–Kier alpha value is -0.390. The number of halogens is 1. The Kier molecular flexibility index (Phi) is 6.69. The average molecular weight is 346 g/mol. The lowest BCUT2D eigenvalue weighted by Gasteiger charge is -2.25. The number of hydrogen-bond donors (Lipinski definition) is 1. The van der Waals surface area contributed by atoms with Gasteiger partial charge < -0.3 is 10.5 Å².